The van der Waals surface area contributed by atoms with Crippen LogP contribution in [-0.4, -0.2) is 24.8 Å². The lowest BCUT2D eigenvalue weighted by Crippen LogP contribution is -2.24. The van der Waals surface area contributed by atoms with Gasteiger partial charge in [-0.1, -0.05) is 0 Å². The summed E-state index contributed by atoms with van der Waals surface area (Å²) < 4.78 is 0. The van der Waals surface area contributed by atoms with Crippen LogP contribution < -0.4 is 5.32 Å². The van der Waals surface area contributed by atoms with E-state index >= 15 is 0 Å². The molecule has 0 aliphatic rings. The highest BCUT2D eigenvalue weighted by molar-refractivity contribution is 7.59. The maximum atomic E-state index is 8.27. The number of aliphatic hydroxyl groups excluding tert-OH is 1. The molecule has 46 valence electrons. The standard InChI is InChI=1S/C4H11NO.H2S/c1-4(3-6)5-2;/h4-6H,3H2,1-2H3;1H2/t4-;/m0./s1. The largest absolute Gasteiger partial charge is 0.395 e. The molecular formula is C4H13NOS. The van der Waals surface area contributed by atoms with E-state index in [1.165, 1.54) is 0 Å². The Balaban J connectivity index is 0. The van der Waals surface area contributed by atoms with E-state index in [0.29, 0.717) is 0 Å². The monoisotopic (exact) mass is 123 g/mol. The molecule has 0 heterocycles. The quantitative estimate of drug-likeness (QED) is 0.528. The minimum absolute atomic E-state index is 0. The third kappa shape index (κ3) is 6.27. The molecule has 3 heteroatoms. The Labute approximate surface area is 51.4 Å². The average Bonchev–Trinajstić information content (AvgIpc) is 1.65. The SMILES string of the molecule is CN[C@@H](C)CO.S. The molecule has 0 aliphatic carbocycles. The summed E-state index contributed by atoms with van der Waals surface area (Å²) in [5.74, 6) is 0. The van der Waals surface area contributed by atoms with Gasteiger partial charge in [0.05, 0.1) is 6.61 Å². The molecule has 7 heavy (non-hydrogen) atoms. The summed E-state index contributed by atoms with van der Waals surface area (Å²) in [6, 6.07) is 0.241. The van der Waals surface area contributed by atoms with E-state index in [-0.39, 0.29) is 26.1 Å². The van der Waals surface area contributed by atoms with Crippen LogP contribution in [0.3, 0.4) is 0 Å². The van der Waals surface area contributed by atoms with Crippen LogP contribution >= 0.6 is 13.5 Å². The van der Waals surface area contributed by atoms with Crippen LogP contribution in [0.1, 0.15) is 6.92 Å². The highest BCUT2D eigenvalue weighted by Crippen LogP contribution is 1.69. The van der Waals surface area contributed by atoms with E-state index in [1.807, 2.05) is 14.0 Å². The Morgan fingerprint density at radius 1 is 1.71 bits per heavy atom. The number of hydrogen-bond donors (Lipinski definition) is 2. The van der Waals surface area contributed by atoms with Crippen molar-refractivity contribution in [1.29, 1.82) is 0 Å². The van der Waals surface area contributed by atoms with Gasteiger partial charge in [0.2, 0.25) is 0 Å². The van der Waals surface area contributed by atoms with Gasteiger partial charge in [0.15, 0.2) is 0 Å². The second-order valence-corrected chi connectivity index (χ2v) is 1.37. The summed E-state index contributed by atoms with van der Waals surface area (Å²) >= 11 is 0. The number of aliphatic hydroxyl groups is 1. The van der Waals surface area contributed by atoms with Crippen LogP contribution in [0.4, 0.5) is 0 Å². The van der Waals surface area contributed by atoms with E-state index in [2.05, 4.69) is 5.32 Å². The topological polar surface area (TPSA) is 32.3 Å². The molecule has 0 fully saturated rings. The number of rotatable bonds is 2. The van der Waals surface area contributed by atoms with E-state index in [4.69, 9.17) is 5.11 Å². The van der Waals surface area contributed by atoms with Crippen molar-refractivity contribution in [2.45, 2.75) is 13.0 Å². The molecule has 2 nitrogen and oxygen atoms in total. The first kappa shape index (κ1) is 10.3. The first-order valence-corrected chi connectivity index (χ1v) is 2.09. The van der Waals surface area contributed by atoms with Crippen molar-refractivity contribution >= 4 is 13.5 Å². The molecule has 0 unspecified atom stereocenters. The lowest BCUT2D eigenvalue weighted by molar-refractivity contribution is 0.258. The maximum Gasteiger partial charge on any atom is 0.0581 e. The summed E-state index contributed by atoms with van der Waals surface area (Å²) in [6.45, 7) is 2.14. The highest BCUT2D eigenvalue weighted by atomic mass is 32.1. The van der Waals surface area contributed by atoms with Crippen molar-refractivity contribution in [3.8, 4) is 0 Å². The molecule has 0 aliphatic heterocycles. The first-order chi connectivity index (χ1) is 2.81. The van der Waals surface area contributed by atoms with Crippen LogP contribution in [0.2, 0.25) is 0 Å². The zero-order chi connectivity index (χ0) is 4.99. The highest BCUT2D eigenvalue weighted by Gasteiger charge is 1.88. The van der Waals surface area contributed by atoms with Gasteiger partial charge in [-0.3, -0.25) is 0 Å². The van der Waals surface area contributed by atoms with E-state index < -0.39 is 0 Å². The van der Waals surface area contributed by atoms with Crippen LogP contribution in [0.5, 0.6) is 0 Å². The van der Waals surface area contributed by atoms with Gasteiger partial charge >= 0.3 is 0 Å². The molecule has 0 saturated heterocycles. The Morgan fingerprint density at radius 2 is 2.14 bits per heavy atom. The van der Waals surface area contributed by atoms with Gasteiger partial charge in [-0.05, 0) is 14.0 Å². The third-order valence-electron chi connectivity index (χ3n) is 0.767. The molecule has 0 rings (SSSR count). The predicted octanol–water partition coefficient (Wildman–Crippen LogP) is -0.301. The Morgan fingerprint density at radius 3 is 2.14 bits per heavy atom. The fourth-order valence-corrected chi connectivity index (χ4v) is 0.0913. The molecule has 0 saturated carbocycles. The zero-order valence-corrected chi connectivity index (χ0v) is 5.73. The second-order valence-electron chi connectivity index (χ2n) is 1.37. The van der Waals surface area contributed by atoms with E-state index in [9.17, 15) is 0 Å². The molecule has 0 radical (unpaired) electrons. The van der Waals surface area contributed by atoms with Crippen LogP contribution in [0, 0.1) is 0 Å². The van der Waals surface area contributed by atoms with Crippen LogP contribution in [0.25, 0.3) is 0 Å². The third-order valence-corrected chi connectivity index (χ3v) is 0.767. The Hall–Kier alpha value is 0.270. The van der Waals surface area contributed by atoms with Gasteiger partial charge in [-0.25, -0.2) is 0 Å². The van der Waals surface area contributed by atoms with Crippen LogP contribution in [0.15, 0.2) is 0 Å². The van der Waals surface area contributed by atoms with Gasteiger partial charge in [-0.2, -0.15) is 13.5 Å². The fraction of sp³-hybridized carbons (Fsp3) is 1.00. The van der Waals surface area contributed by atoms with Crippen molar-refractivity contribution < 1.29 is 5.11 Å². The predicted molar refractivity (Wildman–Crippen MR) is 36.0 cm³/mol. The number of nitrogens with one attached hydrogen (secondary N) is 1. The summed E-state index contributed by atoms with van der Waals surface area (Å²) in [5.41, 5.74) is 0. The molecule has 0 amide bonds. The van der Waals surface area contributed by atoms with Gasteiger partial charge in [0.25, 0.3) is 0 Å². The Bertz CT molecular complexity index is 30.9. The average molecular weight is 123 g/mol. The molecule has 0 spiro atoms. The second kappa shape index (κ2) is 6.27. The lowest BCUT2D eigenvalue weighted by Gasteiger charge is -2.01. The van der Waals surface area contributed by atoms with Gasteiger partial charge in [0.1, 0.15) is 0 Å². The minimum Gasteiger partial charge on any atom is -0.395 e. The van der Waals surface area contributed by atoms with Crippen molar-refractivity contribution in [1.82, 2.24) is 5.32 Å². The van der Waals surface area contributed by atoms with Gasteiger partial charge < -0.3 is 10.4 Å². The summed E-state index contributed by atoms with van der Waals surface area (Å²) in [7, 11) is 1.82. The summed E-state index contributed by atoms with van der Waals surface area (Å²) in [6.07, 6.45) is 0. The minimum atomic E-state index is 0. The van der Waals surface area contributed by atoms with Crippen LogP contribution in [-0.2, 0) is 0 Å². The molecular weight excluding hydrogens is 110 g/mol. The maximum absolute atomic E-state index is 8.27. The first-order valence-electron chi connectivity index (χ1n) is 2.09. The van der Waals surface area contributed by atoms with Crippen molar-refractivity contribution in [3.63, 3.8) is 0 Å². The smallest absolute Gasteiger partial charge is 0.0581 e. The van der Waals surface area contributed by atoms with Gasteiger partial charge in [0, 0.05) is 6.04 Å². The summed E-state index contributed by atoms with van der Waals surface area (Å²) in [5, 5.41) is 11.1. The fourth-order valence-electron chi connectivity index (χ4n) is 0.0913. The molecule has 0 aromatic carbocycles. The molecule has 0 bridgehead atoms. The normalized spacial score (nSPS) is 12.4. The van der Waals surface area contributed by atoms with Gasteiger partial charge in [-0.15, -0.1) is 0 Å². The van der Waals surface area contributed by atoms with E-state index in [1.54, 1.807) is 0 Å². The zero-order valence-electron chi connectivity index (χ0n) is 4.73. The molecule has 2 N–H and O–H groups in total. The number of likely N-dealkylation sites (N-methyl/N-ethyl adjacent to an activating group) is 1. The van der Waals surface area contributed by atoms with E-state index in [0.717, 1.165) is 0 Å². The molecule has 0 aromatic rings. The van der Waals surface area contributed by atoms with Crippen molar-refractivity contribution in [2.24, 2.45) is 0 Å². The number of hydrogen-bond acceptors (Lipinski definition) is 2. The lowest BCUT2D eigenvalue weighted by atomic mass is 10.4. The Kier molecular flexibility index (Phi) is 9.22. The van der Waals surface area contributed by atoms with Crippen molar-refractivity contribution in [3.05, 3.63) is 0 Å². The summed E-state index contributed by atoms with van der Waals surface area (Å²) in [4.78, 5) is 0. The molecule has 1 atom stereocenters. The van der Waals surface area contributed by atoms with Crippen molar-refractivity contribution in [2.75, 3.05) is 13.7 Å². The molecule has 0 aromatic heterocycles.